The number of halogens is 1. The summed E-state index contributed by atoms with van der Waals surface area (Å²) < 4.78 is 2.62. The summed E-state index contributed by atoms with van der Waals surface area (Å²) in [4.78, 5) is 26.2. The first-order valence-corrected chi connectivity index (χ1v) is 9.29. The summed E-state index contributed by atoms with van der Waals surface area (Å²) in [6.07, 6.45) is 7.27. The lowest BCUT2D eigenvalue weighted by Crippen LogP contribution is -2.37. The van der Waals surface area contributed by atoms with Gasteiger partial charge < -0.3 is 10.2 Å². The Morgan fingerprint density at radius 2 is 1.84 bits per heavy atom. The van der Waals surface area contributed by atoms with Crippen LogP contribution < -0.4 is 5.32 Å². The molecule has 0 atom stereocenters. The van der Waals surface area contributed by atoms with Gasteiger partial charge in [-0.05, 0) is 59.5 Å². The normalized spacial score (nSPS) is 14.4. The Bertz CT molecular complexity index is 736. The predicted molar refractivity (Wildman–Crippen MR) is 98.6 cm³/mol. The molecule has 0 spiro atoms. The van der Waals surface area contributed by atoms with Gasteiger partial charge in [0.15, 0.2) is 0 Å². The first-order chi connectivity index (χ1) is 12.1. The van der Waals surface area contributed by atoms with E-state index < -0.39 is 0 Å². The van der Waals surface area contributed by atoms with Crippen molar-refractivity contribution in [1.29, 1.82) is 0 Å². The van der Waals surface area contributed by atoms with Crippen molar-refractivity contribution in [2.45, 2.75) is 25.7 Å². The lowest BCUT2D eigenvalue weighted by atomic mass is 10.1. The fourth-order valence-corrected chi connectivity index (χ4v) is 3.18. The lowest BCUT2D eigenvalue weighted by molar-refractivity contribution is -0.131. The maximum absolute atomic E-state index is 12.2. The quantitative estimate of drug-likeness (QED) is 0.832. The van der Waals surface area contributed by atoms with Crippen molar-refractivity contribution in [1.82, 2.24) is 20.0 Å². The molecule has 7 heteroatoms. The van der Waals surface area contributed by atoms with Crippen molar-refractivity contribution in [2.24, 2.45) is 0 Å². The van der Waals surface area contributed by atoms with E-state index in [9.17, 15) is 9.59 Å². The van der Waals surface area contributed by atoms with Gasteiger partial charge in [-0.3, -0.25) is 9.59 Å². The van der Waals surface area contributed by atoms with E-state index in [0.29, 0.717) is 18.5 Å². The molecule has 1 fully saturated rings. The number of benzene rings is 1. The molecule has 2 aromatic rings. The first kappa shape index (κ1) is 17.7. The van der Waals surface area contributed by atoms with Crippen LogP contribution in [0.15, 0.2) is 41.1 Å². The molecule has 1 aliphatic rings. The predicted octanol–water partition coefficient (Wildman–Crippen LogP) is 2.77. The van der Waals surface area contributed by atoms with Gasteiger partial charge in [0, 0.05) is 37.8 Å². The summed E-state index contributed by atoms with van der Waals surface area (Å²) >= 11 is 3.36. The monoisotopic (exact) mass is 404 g/mol. The fraction of sp³-hybridized carbons (Fsp3) is 0.389. The topological polar surface area (TPSA) is 67.2 Å². The van der Waals surface area contributed by atoms with E-state index in [-0.39, 0.29) is 11.8 Å². The average Bonchev–Trinajstić information content (AvgIpc) is 3.09. The second-order valence-electron chi connectivity index (χ2n) is 6.10. The summed E-state index contributed by atoms with van der Waals surface area (Å²) in [5.74, 6) is -0.0424. The van der Waals surface area contributed by atoms with Gasteiger partial charge in [-0.2, -0.15) is 5.10 Å². The summed E-state index contributed by atoms with van der Waals surface area (Å²) in [7, 11) is 0. The molecule has 1 N–H and O–H groups in total. The fourth-order valence-electron chi connectivity index (χ4n) is 2.89. The molecule has 0 radical (unpaired) electrons. The minimum Gasteiger partial charge on any atom is -0.352 e. The van der Waals surface area contributed by atoms with Gasteiger partial charge in [0.05, 0.1) is 16.4 Å². The van der Waals surface area contributed by atoms with Gasteiger partial charge in [-0.25, -0.2) is 4.68 Å². The standard InChI is InChI=1S/C18H21BrN4O2/c19-15-12-21-23(13-15)16-6-4-14(5-7-16)18(25)20-9-8-17(24)22-10-2-1-3-11-22/h4-7,12-13H,1-3,8-11H2,(H,20,25). The highest BCUT2D eigenvalue weighted by Gasteiger charge is 2.16. The highest BCUT2D eigenvalue weighted by molar-refractivity contribution is 9.10. The van der Waals surface area contributed by atoms with Crippen molar-refractivity contribution >= 4 is 27.7 Å². The molecule has 6 nitrogen and oxygen atoms in total. The number of amides is 2. The number of rotatable bonds is 5. The number of carbonyl (C=O) groups excluding carboxylic acids is 2. The van der Waals surface area contributed by atoms with Gasteiger partial charge in [-0.1, -0.05) is 0 Å². The van der Waals surface area contributed by atoms with Crippen LogP contribution in [0.3, 0.4) is 0 Å². The molecular weight excluding hydrogens is 384 g/mol. The van der Waals surface area contributed by atoms with Crippen LogP contribution in [0.25, 0.3) is 5.69 Å². The lowest BCUT2D eigenvalue weighted by Gasteiger charge is -2.26. The minimum atomic E-state index is -0.167. The van der Waals surface area contributed by atoms with Crippen LogP contribution in [0.4, 0.5) is 0 Å². The van der Waals surface area contributed by atoms with Crippen molar-refractivity contribution in [3.05, 3.63) is 46.7 Å². The third kappa shape index (κ3) is 4.69. The van der Waals surface area contributed by atoms with Gasteiger partial charge in [0.1, 0.15) is 0 Å². The summed E-state index contributed by atoms with van der Waals surface area (Å²) in [5, 5.41) is 7.02. The molecular formula is C18H21BrN4O2. The van der Waals surface area contributed by atoms with E-state index in [4.69, 9.17) is 0 Å². The van der Waals surface area contributed by atoms with Crippen LogP contribution in [0.1, 0.15) is 36.0 Å². The number of hydrogen-bond donors (Lipinski definition) is 1. The van der Waals surface area contributed by atoms with E-state index >= 15 is 0 Å². The van der Waals surface area contributed by atoms with Crippen molar-refractivity contribution < 1.29 is 9.59 Å². The number of hydrogen-bond acceptors (Lipinski definition) is 3. The van der Waals surface area contributed by atoms with Crippen molar-refractivity contribution in [2.75, 3.05) is 19.6 Å². The molecule has 2 heterocycles. The van der Waals surface area contributed by atoms with E-state index in [1.165, 1.54) is 6.42 Å². The number of aromatic nitrogens is 2. The SMILES string of the molecule is O=C(NCCC(=O)N1CCCCC1)c1ccc(-n2cc(Br)cn2)cc1. The van der Waals surface area contributed by atoms with Crippen LogP contribution in [0.5, 0.6) is 0 Å². The zero-order valence-corrected chi connectivity index (χ0v) is 15.5. The average molecular weight is 405 g/mol. The molecule has 1 aliphatic heterocycles. The largest absolute Gasteiger partial charge is 0.352 e. The summed E-state index contributed by atoms with van der Waals surface area (Å²) in [5.41, 5.74) is 1.45. The molecule has 1 aromatic heterocycles. The van der Waals surface area contributed by atoms with Crippen LogP contribution in [-0.2, 0) is 4.79 Å². The van der Waals surface area contributed by atoms with E-state index in [2.05, 4.69) is 26.3 Å². The molecule has 0 bridgehead atoms. The molecule has 3 rings (SSSR count). The smallest absolute Gasteiger partial charge is 0.251 e. The van der Waals surface area contributed by atoms with Gasteiger partial charge in [-0.15, -0.1) is 0 Å². The van der Waals surface area contributed by atoms with Crippen LogP contribution in [0.2, 0.25) is 0 Å². The molecule has 1 aromatic carbocycles. The molecule has 25 heavy (non-hydrogen) atoms. The number of carbonyl (C=O) groups is 2. The van der Waals surface area contributed by atoms with Crippen LogP contribution in [0, 0.1) is 0 Å². The second-order valence-corrected chi connectivity index (χ2v) is 7.01. The first-order valence-electron chi connectivity index (χ1n) is 8.50. The highest BCUT2D eigenvalue weighted by atomic mass is 79.9. The van der Waals surface area contributed by atoms with Crippen LogP contribution >= 0.6 is 15.9 Å². The Balaban J connectivity index is 1.48. The zero-order valence-electron chi connectivity index (χ0n) is 13.9. The molecule has 0 saturated carbocycles. The molecule has 132 valence electrons. The maximum atomic E-state index is 12.2. The molecule has 0 unspecified atom stereocenters. The number of likely N-dealkylation sites (tertiary alicyclic amines) is 1. The van der Waals surface area contributed by atoms with E-state index in [1.54, 1.807) is 23.0 Å². The van der Waals surface area contributed by atoms with E-state index in [1.807, 2.05) is 23.2 Å². The van der Waals surface area contributed by atoms with Crippen LogP contribution in [-0.4, -0.2) is 46.1 Å². The Hall–Kier alpha value is -2.15. The Morgan fingerprint density at radius 1 is 1.12 bits per heavy atom. The number of piperidine rings is 1. The van der Waals surface area contributed by atoms with Gasteiger partial charge >= 0.3 is 0 Å². The zero-order chi connectivity index (χ0) is 17.6. The third-order valence-corrected chi connectivity index (χ3v) is 4.69. The Labute approximate surface area is 155 Å². The summed E-state index contributed by atoms with van der Waals surface area (Å²) in [6, 6.07) is 7.19. The minimum absolute atomic E-state index is 0.125. The van der Waals surface area contributed by atoms with Crippen molar-refractivity contribution in [3.63, 3.8) is 0 Å². The number of nitrogens with one attached hydrogen (secondary N) is 1. The van der Waals surface area contributed by atoms with Crippen molar-refractivity contribution in [3.8, 4) is 5.69 Å². The second kappa shape index (κ2) is 8.29. The number of nitrogens with zero attached hydrogens (tertiary/aromatic N) is 3. The van der Waals surface area contributed by atoms with Gasteiger partial charge in [0.25, 0.3) is 5.91 Å². The van der Waals surface area contributed by atoms with Gasteiger partial charge in [0.2, 0.25) is 5.91 Å². The third-order valence-electron chi connectivity index (χ3n) is 4.28. The molecule has 2 amide bonds. The Morgan fingerprint density at radius 3 is 2.48 bits per heavy atom. The highest BCUT2D eigenvalue weighted by Crippen LogP contribution is 2.13. The summed E-state index contributed by atoms with van der Waals surface area (Å²) in [6.45, 7) is 2.05. The van der Waals surface area contributed by atoms with E-state index in [0.717, 1.165) is 36.1 Å². The molecule has 0 aliphatic carbocycles. The maximum Gasteiger partial charge on any atom is 0.251 e. The molecule has 1 saturated heterocycles. The Kier molecular flexibility index (Phi) is 5.86.